The first-order valence-corrected chi connectivity index (χ1v) is 7.65. The molecule has 0 aliphatic rings. The Bertz CT molecular complexity index is 763. The van der Waals surface area contributed by atoms with Gasteiger partial charge in [0, 0.05) is 0 Å². The molecule has 104 valence electrons. The van der Waals surface area contributed by atoms with E-state index in [1.807, 2.05) is 42.5 Å². The Hall–Kier alpha value is -2.06. The van der Waals surface area contributed by atoms with Crippen molar-refractivity contribution in [3.8, 4) is 5.75 Å². The van der Waals surface area contributed by atoms with Gasteiger partial charge in [0.2, 0.25) is 0 Å². The molecule has 0 radical (unpaired) electrons. The summed E-state index contributed by atoms with van der Waals surface area (Å²) in [4.78, 5) is 0. The minimum atomic E-state index is 0.547. The first kappa shape index (κ1) is 13.9. The highest BCUT2D eigenvalue weighted by molar-refractivity contribution is 9.10. The van der Waals surface area contributed by atoms with Crippen molar-refractivity contribution in [2.24, 2.45) is 0 Å². The fourth-order valence-corrected chi connectivity index (χ4v) is 2.82. The van der Waals surface area contributed by atoms with E-state index in [1.165, 1.54) is 16.3 Å². The fraction of sp³-hybridized carbons (Fsp3) is 0.0526. The SMILES string of the molecule is Brc1c(OCC=Cc2ccccc2)ccc2ccccc12. The molecule has 1 nitrogen and oxygen atoms in total. The van der Waals surface area contributed by atoms with Crippen LogP contribution in [0.5, 0.6) is 5.75 Å². The lowest BCUT2D eigenvalue weighted by molar-refractivity contribution is 0.362. The minimum absolute atomic E-state index is 0.547. The van der Waals surface area contributed by atoms with Crippen molar-refractivity contribution in [3.63, 3.8) is 0 Å². The predicted molar refractivity (Wildman–Crippen MR) is 92.6 cm³/mol. The van der Waals surface area contributed by atoms with Crippen LogP contribution in [-0.2, 0) is 0 Å². The Kier molecular flexibility index (Phi) is 4.37. The maximum absolute atomic E-state index is 5.83. The van der Waals surface area contributed by atoms with Crippen molar-refractivity contribution in [1.82, 2.24) is 0 Å². The summed E-state index contributed by atoms with van der Waals surface area (Å²) >= 11 is 3.63. The van der Waals surface area contributed by atoms with Gasteiger partial charge < -0.3 is 4.74 Å². The summed E-state index contributed by atoms with van der Waals surface area (Å²) in [6.07, 6.45) is 4.09. The van der Waals surface area contributed by atoms with Gasteiger partial charge in [-0.05, 0) is 44.4 Å². The van der Waals surface area contributed by atoms with Gasteiger partial charge in [0.05, 0.1) is 4.47 Å². The van der Waals surface area contributed by atoms with Crippen LogP contribution < -0.4 is 4.74 Å². The minimum Gasteiger partial charge on any atom is -0.488 e. The van der Waals surface area contributed by atoms with Crippen molar-refractivity contribution in [1.29, 1.82) is 0 Å². The molecule has 0 atom stereocenters. The summed E-state index contributed by atoms with van der Waals surface area (Å²) < 4.78 is 6.84. The molecule has 0 aliphatic carbocycles. The second-order valence-electron chi connectivity index (χ2n) is 4.72. The van der Waals surface area contributed by atoms with E-state index < -0.39 is 0 Å². The topological polar surface area (TPSA) is 9.23 Å². The monoisotopic (exact) mass is 338 g/mol. The third-order valence-corrected chi connectivity index (χ3v) is 4.09. The van der Waals surface area contributed by atoms with Crippen LogP contribution >= 0.6 is 15.9 Å². The Morgan fingerprint density at radius 2 is 1.62 bits per heavy atom. The molecule has 0 saturated carbocycles. The van der Waals surface area contributed by atoms with Crippen molar-refractivity contribution >= 4 is 32.8 Å². The Balaban J connectivity index is 1.71. The Morgan fingerprint density at radius 3 is 2.48 bits per heavy atom. The zero-order valence-electron chi connectivity index (χ0n) is 11.5. The average molecular weight is 339 g/mol. The van der Waals surface area contributed by atoms with Gasteiger partial charge in [-0.3, -0.25) is 0 Å². The number of rotatable bonds is 4. The van der Waals surface area contributed by atoms with E-state index in [-0.39, 0.29) is 0 Å². The predicted octanol–water partition coefficient (Wildman–Crippen LogP) is 5.69. The number of benzene rings is 3. The van der Waals surface area contributed by atoms with Gasteiger partial charge in [0.1, 0.15) is 12.4 Å². The van der Waals surface area contributed by atoms with Crippen molar-refractivity contribution in [2.45, 2.75) is 0 Å². The van der Waals surface area contributed by atoms with Gasteiger partial charge in [-0.1, -0.05) is 66.7 Å². The van der Waals surface area contributed by atoms with E-state index in [4.69, 9.17) is 4.74 Å². The van der Waals surface area contributed by atoms with E-state index in [0.717, 1.165) is 10.2 Å². The third-order valence-electron chi connectivity index (χ3n) is 3.27. The van der Waals surface area contributed by atoms with Crippen LogP contribution in [0.4, 0.5) is 0 Å². The second kappa shape index (κ2) is 6.59. The molecular weight excluding hydrogens is 324 g/mol. The summed E-state index contributed by atoms with van der Waals surface area (Å²) in [6, 6.07) is 22.6. The highest BCUT2D eigenvalue weighted by Gasteiger charge is 2.04. The number of fused-ring (bicyclic) bond motifs is 1. The first-order valence-electron chi connectivity index (χ1n) is 6.86. The maximum atomic E-state index is 5.83. The maximum Gasteiger partial charge on any atom is 0.134 e. The van der Waals surface area contributed by atoms with E-state index in [2.05, 4.69) is 52.3 Å². The summed E-state index contributed by atoms with van der Waals surface area (Å²) in [7, 11) is 0. The molecule has 0 saturated heterocycles. The molecule has 0 aliphatic heterocycles. The molecule has 0 spiro atoms. The summed E-state index contributed by atoms with van der Waals surface area (Å²) in [5, 5.41) is 2.37. The van der Waals surface area contributed by atoms with Crippen LogP contribution in [0.25, 0.3) is 16.8 Å². The molecule has 0 bridgehead atoms. The molecule has 21 heavy (non-hydrogen) atoms. The molecule has 3 rings (SSSR count). The normalized spacial score (nSPS) is 11.1. The van der Waals surface area contributed by atoms with Crippen LogP contribution in [0.15, 0.2) is 77.3 Å². The largest absolute Gasteiger partial charge is 0.488 e. The lowest BCUT2D eigenvalue weighted by atomic mass is 10.1. The number of hydrogen-bond donors (Lipinski definition) is 0. The van der Waals surface area contributed by atoms with Gasteiger partial charge in [-0.15, -0.1) is 0 Å². The number of halogens is 1. The third kappa shape index (κ3) is 3.34. The van der Waals surface area contributed by atoms with Gasteiger partial charge >= 0.3 is 0 Å². The highest BCUT2D eigenvalue weighted by Crippen LogP contribution is 2.32. The molecule has 2 heteroatoms. The average Bonchev–Trinajstić information content (AvgIpc) is 2.55. The molecule has 0 aromatic heterocycles. The number of hydrogen-bond acceptors (Lipinski definition) is 1. The van der Waals surface area contributed by atoms with Gasteiger partial charge in [-0.25, -0.2) is 0 Å². The van der Waals surface area contributed by atoms with Crippen LogP contribution in [0, 0.1) is 0 Å². The van der Waals surface area contributed by atoms with Crippen LogP contribution in [0.1, 0.15) is 5.56 Å². The summed E-state index contributed by atoms with van der Waals surface area (Å²) in [6.45, 7) is 0.547. The molecule has 0 unspecified atom stereocenters. The molecular formula is C19H15BrO. The van der Waals surface area contributed by atoms with Crippen molar-refractivity contribution in [3.05, 3.63) is 82.8 Å². The fourth-order valence-electron chi connectivity index (χ4n) is 2.21. The smallest absolute Gasteiger partial charge is 0.134 e. The highest BCUT2D eigenvalue weighted by atomic mass is 79.9. The Labute approximate surface area is 133 Å². The summed E-state index contributed by atoms with van der Waals surface area (Å²) in [5.74, 6) is 0.867. The van der Waals surface area contributed by atoms with Crippen molar-refractivity contribution < 1.29 is 4.74 Å². The van der Waals surface area contributed by atoms with E-state index in [9.17, 15) is 0 Å². The lowest BCUT2D eigenvalue weighted by Crippen LogP contribution is -1.94. The van der Waals surface area contributed by atoms with Crippen LogP contribution in [0.2, 0.25) is 0 Å². The lowest BCUT2D eigenvalue weighted by Gasteiger charge is -2.08. The zero-order chi connectivity index (χ0) is 14.5. The van der Waals surface area contributed by atoms with Gasteiger partial charge in [0.15, 0.2) is 0 Å². The van der Waals surface area contributed by atoms with Gasteiger partial charge in [-0.2, -0.15) is 0 Å². The molecule has 0 heterocycles. The molecule has 0 amide bonds. The summed E-state index contributed by atoms with van der Waals surface area (Å²) in [5.41, 5.74) is 1.18. The first-order chi connectivity index (χ1) is 10.3. The molecule has 3 aromatic carbocycles. The molecule has 3 aromatic rings. The Morgan fingerprint density at radius 1 is 0.857 bits per heavy atom. The second-order valence-corrected chi connectivity index (χ2v) is 5.52. The van der Waals surface area contributed by atoms with E-state index >= 15 is 0 Å². The van der Waals surface area contributed by atoms with E-state index in [0.29, 0.717) is 6.61 Å². The quantitative estimate of drug-likeness (QED) is 0.593. The van der Waals surface area contributed by atoms with E-state index in [1.54, 1.807) is 0 Å². The van der Waals surface area contributed by atoms with Crippen molar-refractivity contribution in [2.75, 3.05) is 6.61 Å². The molecule has 0 N–H and O–H groups in total. The standard InChI is InChI=1S/C19H15BrO/c20-19-17-11-5-4-10-16(17)12-13-18(19)21-14-6-9-15-7-2-1-3-8-15/h1-13H,14H2. The van der Waals surface area contributed by atoms with Gasteiger partial charge in [0.25, 0.3) is 0 Å². The zero-order valence-corrected chi connectivity index (χ0v) is 13.1. The molecule has 0 fully saturated rings. The van der Waals surface area contributed by atoms with Crippen LogP contribution in [-0.4, -0.2) is 6.61 Å². The number of ether oxygens (including phenoxy) is 1. The van der Waals surface area contributed by atoms with Crippen LogP contribution in [0.3, 0.4) is 0 Å².